The fraction of sp³-hybridized carbons (Fsp3) is 0.333. The van der Waals surface area contributed by atoms with E-state index in [1.165, 1.54) is 14.0 Å². The van der Waals surface area contributed by atoms with Gasteiger partial charge in [0.2, 0.25) is 9.70 Å². The molecule has 110 valence electrons. The third-order valence-corrected chi connectivity index (χ3v) is 2.96. The fourth-order valence-corrected chi connectivity index (χ4v) is 1.78. The Morgan fingerprint density at radius 3 is 2.35 bits per heavy atom. The molecule has 1 unspecified atom stereocenters. The van der Waals surface area contributed by atoms with E-state index >= 15 is 0 Å². The van der Waals surface area contributed by atoms with E-state index in [4.69, 9.17) is 34.8 Å². The number of hydrogen-bond donors (Lipinski definition) is 2. The molecule has 8 heteroatoms. The third kappa shape index (κ3) is 4.74. The molecule has 0 saturated carbocycles. The van der Waals surface area contributed by atoms with Crippen molar-refractivity contribution in [2.24, 2.45) is 0 Å². The molecule has 0 aliphatic rings. The van der Waals surface area contributed by atoms with Crippen LogP contribution in [0.1, 0.15) is 17.3 Å². The fourth-order valence-electron chi connectivity index (χ4n) is 1.46. The monoisotopic (exact) mass is 338 g/mol. The normalized spacial score (nSPS) is 12.4. The number of nitrogens with one attached hydrogen (secondary N) is 2. The third-order valence-electron chi connectivity index (χ3n) is 2.31. The molecule has 0 bridgehead atoms. The summed E-state index contributed by atoms with van der Waals surface area (Å²) >= 11 is 17.4. The average Bonchev–Trinajstić information content (AvgIpc) is 2.36. The molecule has 0 spiro atoms. The first-order chi connectivity index (χ1) is 9.25. The molecule has 1 atom stereocenters. The predicted octanol–water partition coefficient (Wildman–Crippen LogP) is 2.72. The number of hydrogen-bond acceptors (Lipinski definition) is 4. The molecule has 1 amide bonds. The largest absolute Gasteiger partial charge is 0.465 e. The molecule has 0 heterocycles. The van der Waals surface area contributed by atoms with Crippen LogP contribution in [0.15, 0.2) is 24.3 Å². The van der Waals surface area contributed by atoms with Gasteiger partial charge >= 0.3 is 5.97 Å². The molecular formula is C12H13Cl3N2O3. The van der Waals surface area contributed by atoms with E-state index in [-0.39, 0.29) is 11.5 Å². The zero-order valence-corrected chi connectivity index (χ0v) is 13.0. The minimum atomic E-state index is -1.80. The van der Waals surface area contributed by atoms with Gasteiger partial charge in [-0.3, -0.25) is 4.79 Å². The van der Waals surface area contributed by atoms with Crippen LogP contribution in [0.3, 0.4) is 0 Å². The van der Waals surface area contributed by atoms with Crippen molar-refractivity contribution in [3.05, 3.63) is 29.8 Å². The van der Waals surface area contributed by atoms with Gasteiger partial charge in [-0.2, -0.15) is 0 Å². The van der Waals surface area contributed by atoms with Crippen LogP contribution in [0.5, 0.6) is 0 Å². The van der Waals surface area contributed by atoms with Crippen molar-refractivity contribution in [2.75, 3.05) is 12.4 Å². The maximum Gasteiger partial charge on any atom is 0.339 e. The summed E-state index contributed by atoms with van der Waals surface area (Å²) in [5.41, 5.74) is 0.643. The highest BCUT2D eigenvalue weighted by atomic mass is 35.6. The van der Waals surface area contributed by atoms with Crippen LogP contribution in [0.4, 0.5) is 5.69 Å². The summed E-state index contributed by atoms with van der Waals surface area (Å²) in [5, 5.41) is 5.26. The number of para-hydroxylation sites is 1. The Morgan fingerprint density at radius 2 is 1.85 bits per heavy atom. The summed E-state index contributed by atoms with van der Waals surface area (Å²) in [5.74, 6) is -0.927. The smallest absolute Gasteiger partial charge is 0.339 e. The highest BCUT2D eigenvalue weighted by molar-refractivity contribution is 6.68. The molecule has 1 rings (SSSR count). The van der Waals surface area contributed by atoms with Crippen LogP contribution in [0.25, 0.3) is 0 Å². The Labute approximate surface area is 131 Å². The zero-order valence-electron chi connectivity index (χ0n) is 10.7. The number of rotatable bonds is 4. The predicted molar refractivity (Wildman–Crippen MR) is 79.3 cm³/mol. The summed E-state index contributed by atoms with van der Waals surface area (Å²) in [7, 11) is 1.26. The molecule has 2 N–H and O–H groups in total. The van der Waals surface area contributed by atoms with Crippen LogP contribution in [0.2, 0.25) is 0 Å². The second-order valence-electron chi connectivity index (χ2n) is 3.86. The van der Waals surface area contributed by atoms with Crippen molar-refractivity contribution in [3.8, 4) is 0 Å². The molecule has 5 nitrogen and oxygen atoms in total. The molecule has 1 aromatic rings. The number of carbonyl (C=O) groups is 2. The Morgan fingerprint density at radius 1 is 1.25 bits per heavy atom. The van der Waals surface area contributed by atoms with Crippen LogP contribution in [-0.2, 0) is 9.53 Å². The highest BCUT2D eigenvalue weighted by Crippen LogP contribution is 2.31. The van der Waals surface area contributed by atoms with E-state index < -0.39 is 15.9 Å². The van der Waals surface area contributed by atoms with Crippen LogP contribution >= 0.6 is 34.8 Å². The summed E-state index contributed by atoms with van der Waals surface area (Å²) in [6, 6.07) is 6.52. The first kappa shape index (κ1) is 16.9. The number of anilines is 1. The Bertz CT molecular complexity index is 503. The summed E-state index contributed by atoms with van der Waals surface area (Å²) < 4.78 is 2.86. The number of ether oxygens (including phenoxy) is 1. The number of methoxy groups -OCH3 is 1. The molecule has 0 aliphatic heterocycles. The Balaban J connectivity index is 3.05. The first-order valence-corrected chi connectivity index (χ1v) is 6.66. The molecular weight excluding hydrogens is 327 g/mol. The van der Waals surface area contributed by atoms with Gasteiger partial charge in [0.05, 0.1) is 18.4 Å². The lowest BCUT2D eigenvalue weighted by Crippen LogP contribution is -2.48. The lowest BCUT2D eigenvalue weighted by Gasteiger charge is -2.27. The minimum absolute atomic E-state index is 0.264. The SMILES string of the molecule is COC(=O)c1ccccc1NC(NC(C)=O)C(Cl)(Cl)Cl. The van der Waals surface area contributed by atoms with Gasteiger partial charge in [-0.15, -0.1) is 0 Å². The number of amides is 1. The van der Waals surface area contributed by atoms with Crippen molar-refractivity contribution in [1.82, 2.24) is 5.32 Å². The second-order valence-corrected chi connectivity index (χ2v) is 6.23. The molecule has 0 radical (unpaired) electrons. The van der Waals surface area contributed by atoms with Crippen molar-refractivity contribution >= 4 is 52.4 Å². The van der Waals surface area contributed by atoms with Gasteiger partial charge < -0.3 is 15.4 Å². The summed E-state index contributed by atoms with van der Waals surface area (Å²) in [6.45, 7) is 1.29. The standard InChI is InChI=1S/C12H13Cl3N2O3/c1-7(18)16-11(12(13,14)15)17-9-6-4-3-5-8(9)10(19)20-2/h3-6,11,17H,1-2H3,(H,16,18). The van der Waals surface area contributed by atoms with E-state index in [0.717, 1.165) is 0 Å². The highest BCUT2D eigenvalue weighted by Gasteiger charge is 2.34. The lowest BCUT2D eigenvalue weighted by molar-refractivity contribution is -0.119. The van der Waals surface area contributed by atoms with Gasteiger partial charge in [-0.05, 0) is 12.1 Å². The maximum atomic E-state index is 11.6. The van der Waals surface area contributed by atoms with Gasteiger partial charge in [0.15, 0.2) is 0 Å². The Hall–Kier alpha value is -1.17. The van der Waals surface area contributed by atoms with Crippen molar-refractivity contribution in [3.63, 3.8) is 0 Å². The van der Waals surface area contributed by atoms with Crippen LogP contribution in [0, 0.1) is 0 Å². The molecule has 0 aliphatic carbocycles. The molecule has 20 heavy (non-hydrogen) atoms. The molecule has 1 aromatic carbocycles. The second kappa shape index (κ2) is 7.02. The van der Waals surface area contributed by atoms with E-state index in [0.29, 0.717) is 5.69 Å². The zero-order chi connectivity index (χ0) is 15.3. The van der Waals surface area contributed by atoms with Gasteiger partial charge in [0.25, 0.3) is 0 Å². The Kier molecular flexibility index (Phi) is 5.92. The van der Waals surface area contributed by atoms with Gasteiger partial charge in [0, 0.05) is 6.92 Å². The number of benzene rings is 1. The summed E-state index contributed by atoms with van der Waals surface area (Å²) in [4.78, 5) is 22.8. The van der Waals surface area contributed by atoms with Crippen LogP contribution in [-0.4, -0.2) is 28.9 Å². The van der Waals surface area contributed by atoms with E-state index in [1.54, 1.807) is 24.3 Å². The average molecular weight is 340 g/mol. The first-order valence-electron chi connectivity index (χ1n) is 5.53. The minimum Gasteiger partial charge on any atom is -0.465 e. The van der Waals surface area contributed by atoms with Crippen molar-refractivity contribution in [2.45, 2.75) is 16.9 Å². The molecule has 0 saturated heterocycles. The van der Waals surface area contributed by atoms with E-state index in [2.05, 4.69) is 15.4 Å². The van der Waals surface area contributed by atoms with Gasteiger partial charge in [0.1, 0.15) is 6.17 Å². The quantitative estimate of drug-likeness (QED) is 0.503. The van der Waals surface area contributed by atoms with Gasteiger partial charge in [-0.1, -0.05) is 46.9 Å². The van der Waals surface area contributed by atoms with Gasteiger partial charge in [-0.25, -0.2) is 4.79 Å². The van der Waals surface area contributed by atoms with Crippen molar-refractivity contribution in [1.29, 1.82) is 0 Å². The van der Waals surface area contributed by atoms with Crippen molar-refractivity contribution < 1.29 is 14.3 Å². The van der Waals surface area contributed by atoms with E-state index in [9.17, 15) is 9.59 Å². The maximum absolute atomic E-state index is 11.6. The number of halogens is 3. The lowest BCUT2D eigenvalue weighted by atomic mass is 10.1. The number of alkyl halides is 3. The topological polar surface area (TPSA) is 67.4 Å². The number of carbonyl (C=O) groups excluding carboxylic acids is 2. The van der Waals surface area contributed by atoms with Crippen LogP contribution < -0.4 is 10.6 Å². The molecule has 0 fully saturated rings. The number of esters is 1. The molecule has 0 aromatic heterocycles. The van der Waals surface area contributed by atoms with E-state index in [1.807, 2.05) is 0 Å². The summed E-state index contributed by atoms with van der Waals surface area (Å²) in [6.07, 6.45) is -1.00.